The number of unbranched alkanes of at least 4 members (excludes halogenated alkanes) is 41. The van der Waals surface area contributed by atoms with E-state index in [2.05, 4.69) is 38.2 Å². The van der Waals surface area contributed by atoms with E-state index in [9.17, 15) is 19.0 Å². The highest BCUT2D eigenvalue weighted by Crippen LogP contribution is 2.38. The van der Waals surface area contributed by atoms with Crippen molar-refractivity contribution in [3.05, 3.63) is 24.3 Å². The van der Waals surface area contributed by atoms with E-state index in [0.717, 1.165) is 83.5 Å². The molecule has 0 bridgehead atoms. The van der Waals surface area contributed by atoms with E-state index in [1.54, 1.807) is 0 Å². The molecule has 0 fully saturated rings. The SMILES string of the molecule is CCCC/C=C\CCCCCCCC(=O)OC(/C=C\CCCCCCCCCCCC)C(COP(=O)([O-])OCC[N+](C)(C)C)NC(=O)CCCCCCCCCCCCCCCCCCCCCCCCCCC. The average molecular weight is 1070 g/mol. The number of quaternary nitrogens is 1. The zero-order valence-electron chi connectivity index (χ0n) is 50.1. The van der Waals surface area contributed by atoms with Gasteiger partial charge < -0.3 is 28.5 Å². The number of phosphoric acid groups is 1. The van der Waals surface area contributed by atoms with Gasteiger partial charge in [0.25, 0.3) is 7.82 Å². The number of nitrogens with one attached hydrogen (secondary N) is 1. The second kappa shape index (κ2) is 54.8. The van der Waals surface area contributed by atoms with Gasteiger partial charge in [0.2, 0.25) is 5.91 Å². The van der Waals surface area contributed by atoms with Gasteiger partial charge in [-0.05, 0) is 51.0 Å². The second-order valence-corrected chi connectivity index (χ2v) is 24.7. The lowest BCUT2D eigenvalue weighted by Gasteiger charge is -2.30. The van der Waals surface area contributed by atoms with Crippen LogP contribution >= 0.6 is 7.82 Å². The maximum Gasteiger partial charge on any atom is 0.306 e. The average Bonchev–Trinajstić information content (AvgIpc) is 3.36. The minimum absolute atomic E-state index is 0.0201. The highest BCUT2D eigenvalue weighted by Gasteiger charge is 2.27. The normalized spacial score (nSPS) is 13.8. The molecule has 0 aliphatic rings. The zero-order chi connectivity index (χ0) is 54.3. The van der Waals surface area contributed by atoms with Crippen LogP contribution < -0.4 is 10.2 Å². The summed E-state index contributed by atoms with van der Waals surface area (Å²) >= 11 is 0. The van der Waals surface area contributed by atoms with Crippen molar-refractivity contribution in [2.24, 2.45) is 0 Å². The number of nitrogens with zero attached hydrogens (tertiary/aromatic N) is 1. The Kier molecular flexibility index (Phi) is 53.7. The first kappa shape index (κ1) is 72.5. The smallest absolute Gasteiger partial charge is 0.306 e. The second-order valence-electron chi connectivity index (χ2n) is 23.3. The lowest BCUT2D eigenvalue weighted by atomic mass is 10.0. The summed E-state index contributed by atoms with van der Waals surface area (Å²) in [5, 5.41) is 3.03. The number of rotatable bonds is 59. The predicted octanol–water partition coefficient (Wildman–Crippen LogP) is 19.1. The van der Waals surface area contributed by atoms with Crippen molar-refractivity contribution in [3.63, 3.8) is 0 Å². The van der Waals surface area contributed by atoms with Gasteiger partial charge in [0, 0.05) is 12.8 Å². The number of phosphoric ester groups is 1. The van der Waals surface area contributed by atoms with E-state index < -0.39 is 20.0 Å². The van der Waals surface area contributed by atoms with E-state index >= 15 is 0 Å². The van der Waals surface area contributed by atoms with E-state index in [-0.39, 0.29) is 31.5 Å². The van der Waals surface area contributed by atoms with Crippen LogP contribution in [0.2, 0.25) is 0 Å². The van der Waals surface area contributed by atoms with Crippen molar-refractivity contribution in [1.29, 1.82) is 0 Å². The third kappa shape index (κ3) is 55.3. The van der Waals surface area contributed by atoms with Crippen LogP contribution in [-0.2, 0) is 27.9 Å². The standard InChI is InChI=1S/C64H125N2O7P/c1-7-10-13-16-19-22-25-27-28-29-30-31-32-33-34-35-36-37-38-39-42-44-47-50-53-56-63(67)65-61(60-72-74(69,70)71-59-58-66(4,5)6)62(55-52-49-46-43-41-26-23-20-17-14-11-8-2)73-64(68)57-54-51-48-45-40-24-21-18-15-12-9-3/h18,21,52,55,61-62H,7-17,19-20,22-51,53-54,56-60H2,1-6H3,(H-,65,67,69,70)/b21-18-,55-52-. The molecule has 0 aliphatic carbocycles. The van der Waals surface area contributed by atoms with Crippen LogP contribution in [0.15, 0.2) is 24.3 Å². The minimum atomic E-state index is -4.69. The molecule has 9 nitrogen and oxygen atoms in total. The van der Waals surface area contributed by atoms with Gasteiger partial charge in [0.15, 0.2) is 0 Å². The Labute approximate surface area is 460 Å². The first-order valence-corrected chi connectivity index (χ1v) is 33.6. The summed E-state index contributed by atoms with van der Waals surface area (Å²) in [6, 6.07) is -0.885. The van der Waals surface area contributed by atoms with Crippen LogP contribution in [0.25, 0.3) is 0 Å². The van der Waals surface area contributed by atoms with Crippen LogP contribution in [0.5, 0.6) is 0 Å². The first-order chi connectivity index (χ1) is 35.9. The van der Waals surface area contributed by atoms with Crippen LogP contribution in [0.3, 0.4) is 0 Å². The molecule has 0 spiro atoms. The Hall–Kier alpha value is -1.51. The maximum atomic E-state index is 13.5. The van der Waals surface area contributed by atoms with Gasteiger partial charge in [-0.15, -0.1) is 0 Å². The fraction of sp³-hybridized carbons (Fsp3) is 0.906. The third-order valence-electron chi connectivity index (χ3n) is 14.6. The summed E-state index contributed by atoms with van der Waals surface area (Å²) in [4.78, 5) is 39.9. The quantitative estimate of drug-likeness (QED) is 0.0212. The molecule has 0 rings (SSSR count). The summed E-state index contributed by atoms with van der Waals surface area (Å²) in [6.45, 7) is 6.84. The highest BCUT2D eigenvalue weighted by molar-refractivity contribution is 7.45. The van der Waals surface area contributed by atoms with Crippen LogP contribution in [0.1, 0.15) is 323 Å². The van der Waals surface area contributed by atoms with Gasteiger partial charge in [-0.3, -0.25) is 14.2 Å². The lowest BCUT2D eigenvalue weighted by Crippen LogP contribution is -2.47. The van der Waals surface area contributed by atoms with Crippen molar-refractivity contribution >= 4 is 19.7 Å². The van der Waals surface area contributed by atoms with Gasteiger partial charge in [-0.2, -0.15) is 0 Å². The Morgan fingerprint density at radius 3 is 1.19 bits per heavy atom. The molecule has 0 saturated carbocycles. The third-order valence-corrected chi connectivity index (χ3v) is 15.6. The molecule has 0 saturated heterocycles. The number of carbonyl (C=O) groups is 2. The monoisotopic (exact) mass is 1060 g/mol. The molecule has 1 N–H and O–H groups in total. The maximum absolute atomic E-state index is 13.5. The molecule has 74 heavy (non-hydrogen) atoms. The predicted molar refractivity (Wildman–Crippen MR) is 317 cm³/mol. The van der Waals surface area contributed by atoms with E-state index in [0.29, 0.717) is 17.4 Å². The Bertz CT molecular complexity index is 1320. The molecule has 0 aliphatic heterocycles. The summed E-state index contributed by atoms with van der Waals surface area (Å²) in [5.74, 6) is -0.537. The van der Waals surface area contributed by atoms with Gasteiger partial charge in [0.1, 0.15) is 19.3 Å². The summed E-state index contributed by atoms with van der Waals surface area (Å²) in [7, 11) is 1.20. The molecule has 0 aromatic carbocycles. The highest BCUT2D eigenvalue weighted by atomic mass is 31.2. The molecule has 0 heterocycles. The number of amides is 1. The Balaban J connectivity index is 4.99. The van der Waals surface area contributed by atoms with Crippen molar-refractivity contribution in [2.75, 3.05) is 40.9 Å². The van der Waals surface area contributed by atoms with Crippen molar-refractivity contribution in [3.8, 4) is 0 Å². The zero-order valence-corrected chi connectivity index (χ0v) is 51.0. The van der Waals surface area contributed by atoms with Crippen molar-refractivity contribution in [2.45, 2.75) is 335 Å². The molecular formula is C64H125N2O7P. The van der Waals surface area contributed by atoms with Crippen molar-refractivity contribution in [1.82, 2.24) is 5.32 Å². The lowest BCUT2D eigenvalue weighted by molar-refractivity contribution is -0.870. The molecule has 0 radical (unpaired) electrons. The van der Waals surface area contributed by atoms with E-state index in [4.69, 9.17) is 13.8 Å². The summed E-state index contributed by atoms with van der Waals surface area (Å²) < 4.78 is 30.3. The van der Waals surface area contributed by atoms with Crippen LogP contribution in [-0.4, -0.2) is 69.4 Å². The number of hydrogen-bond acceptors (Lipinski definition) is 7. The number of carbonyl (C=O) groups excluding carboxylic acids is 2. The Morgan fingerprint density at radius 2 is 0.797 bits per heavy atom. The number of esters is 1. The van der Waals surface area contributed by atoms with Gasteiger partial charge in [-0.1, -0.05) is 283 Å². The van der Waals surface area contributed by atoms with Crippen LogP contribution in [0.4, 0.5) is 0 Å². The fourth-order valence-corrected chi connectivity index (χ4v) is 10.3. The van der Waals surface area contributed by atoms with Gasteiger partial charge in [0.05, 0.1) is 33.8 Å². The first-order valence-electron chi connectivity index (χ1n) is 32.1. The molecular weight excluding hydrogens is 940 g/mol. The molecule has 0 aromatic heterocycles. The fourth-order valence-electron chi connectivity index (χ4n) is 9.62. The van der Waals surface area contributed by atoms with Crippen LogP contribution in [0, 0.1) is 0 Å². The molecule has 438 valence electrons. The van der Waals surface area contributed by atoms with Gasteiger partial charge in [-0.25, -0.2) is 0 Å². The number of hydrogen-bond donors (Lipinski definition) is 1. The number of likely N-dealkylation sites (N-methyl/N-ethyl adjacent to an activating group) is 1. The molecule has 3 atom stereocenters. The summed E-state index contributed by atoms with van der Waals surface area (Å²) in [5.41, 5.74) is 0. The topological polar surface area (TPSA) is 114 Å². The summed E-state index contributed by atoms with van der Waals surface area (Å²) in [6.07, 6.45) is 64.5. The number of allylic oxidation sites excluding steroid dienone is 3. The molecule has 3 unspecified atom stereocenters. The minimum Gasteiger partial charge on any atom is -0.756 e. The molecule has 1 amide bonds. The van der Waals surface area contributed by atoms with Crippen molar-refractivity contribution < 1.29 is 37.3 Å². The van der Waals surface area contributed by atoms with Gasteiger partial charge >= 0.3 is 5.97 Å². The molecule has 0 aromatic rings. The van der Waals surface area contributed by atoms with E-state index in [1.807, 2.05) is 33.3 Å². The Morgan fingerprint density at radius 1 is 0.459 bits per heavy atom. The number of ether oxygens (including phenoxy) is 1. The molecule has 10 heteroatoms. The van der Waals surface area contributed by atoms with E-state index in [1.165, 1.54) is 205 Å². The largest absolute Gasteiger partial charge is 0.756 e.